The van der Waals surface area contributed by atoms with Crippen LogP contribution in [0.4, 0.5) is 19.0 Å². The summed E-state index contributed by atoms with van der Waals surface area (Å²) in [6, 6.07) is 2.10. The maximum atomic E-state index is 12.3. The molecule has 0 bridgehead atoms. The highest BCUT2D eigenvalue weighted by atomic mass is 19.4. The first-order valence-electron chi connectivity index (χ1n) is 5.35. The van der Waals surface area contributed by atoms with E-state index in [0.717, 1.165) is 12.3 Å². The van der Waals surface area contributed by atoms with Crippen molar-refractivity contribution in [2.75, 3.05) is 11.9 Å². The zero-order chi connectivity index (χ0) is 14.1. The minimum absolute atomic E-state index is 0.197. The largest absolute Gasteiger partial charge is 0.417 e. The van der Waals surface area contributed by atoms with Crippen LogP contribution in [0.5, 0.6) is 0 Å². The Labute approximate surface area is 104 Å². The smallest absolute Gasteiger partial charge is 0.300 e. The number of amides is 1. The quantitative estimate of drug-likeness (QED) is 0.777. The molecule has 0 N–H and O–H groups in total. The van der Waals surface area contributed by atoms with E-state index < -0.39 is 17.2 Å². The van der Waals surface area contributed by atoms with Crippen LogP contribution in [0.1, 0.15) is 26.3 Å². The van der Waals surface area contributed by atoms with Gasteiger partial charge in [-0.15, -0.1) is 0 Å². The Morgan fingerprint density at radius 3 is 2.11 bits per heavy atom. The van der Waals surface area contributed by atoms with Gasteiger partial charge in [0.2, 0.25) is 5.91 Å². The van der Waals surface area contributed by atoms with Gasteiger partial charge in [0.15, 0.2) is 0 Å². The Balaban J connectivity index is 2.96. The van der Waals surface area contributed by atoms with Gasteiger partial charge in [-0.25, -0.2) is 4.98 Å². The number of carbonyl (C=O) groups is 1. The Hall–Kier alpha value is -1.59. The van der Waals surface area contributed by atoms with E-state index in [1.54, 1.807) is 20.8 Å². The molecule has 1 amide bonds. The molecule has 0 aromatic carbocycles. The summed E-state index contributed by atoms with van der Waals surface area (Å²) in [4.78, 5) is 16.8. The molecule has 1 rings (SSSR count). The van der Waals surface area contributed by atoms with Crippen molar-refractivity contribution in [3.8, 4) is 0 Å². The Bertz CT molecular complexity index is 432. The number of carbonyl (C=O) groups excluding carboxylic acids is 1. The van der Waals surface area contributed by atoms with Crippen LogP contribution in [0.15, 0.2) is 18.3 Å². The second-order valence-electron chi connectivity index (χ2n) is 5.02. The van der Waals surface area contributed by atoms with Crippen LogP contribution in [0, 0.1) is 5.41 Å². The highest BCUT2D eigenvalue weighted by Crippen LogP contribution is 2.29. The SMILES string of the molecule is CN(C(=O)C(C)(C)C)c1ccc(C(F)(F)F)cn1. The summed E-state index contributed by atoms with van der Waals surface area (Å²) in [5.41, 5.74) is -1.44. The average Bonchev–Trinajstić information content (AvgIpc) is 2.25. The van der Waals surface area contributed by atoms with E-state index in [2.05, 4.69) is 4.98 Å². The molecule has 0 spiro atoms. The van der Waals surface area contributed by atoms with Gasteiger partial charge in [0.1, 0.15) is 5.82 Å². The molecule has 6 heteroatoms. The van der Waals surface area contributed by atoms with Gasteiger partial charge < -0.3 is 0 Å². The van der Waals surface area contributed by atoms with Crippen molar-refractivity contribution in [3.05, 3.63) is 23.9 Å². The maximum Gasteiger partial charge on any atom is 0.417 e. The van der Waals surface area contributed by atoms with Crippen LogP contribution in [0.2, 0.25) is 0 Å². The van der Waals surface area contributed by atoms with Crippen molar-refractivity contribution < 1.29 is 18.0 Å². The first-order chi connectivity index (χ1) is 8.03. The first kappa shape index (κ1) is 14.5. The van der Waals surface area contributed by atoms with Crippen LogP contribution in [-0.2, 0) is 11.0 Å². The molecule has 3 nitrogen and oxygen atoms in total. The average molecular weight is 260 g/mol. The second kappa shape index (κ2) is 4.59. The van der Waals surface area contributed by atoms with Crippen molar-refractivity contribution in [3.63, 3.8) is 0 Å². The van der Waals surface area contributed by atoms with Gasteiger partial charge in [-0.2, -0.15) is 13.2 Å². The lowest BCUT2D eigenvalue weighted by Gasteiger charge is -2.25. The molecular formula is C12H15F3N2O. The normalized spacial score (nSPS) is 12.4. The molecule has 0 fully saturated rings. The second-order valence-corrected chi connectivity index (χ2v) is 5.02. The van der Waals surface area contributed by atoms with Crippen molar-refractivity contribution >= 4 is 11.7 Å². The molecule has 0 aliphatic carbocycles. The molecule has 1 aromatic rings. The Kier molecular flexibility index (Phi) is 3.69. The van der Waals surface area contributed by atoms with Gasteiger partial charge in [0, 0.05) is 18.7 Å². The first-order valence-corrected chi connectivity index (χ1v) is 5.35. The fourth-order valence-corrected chi connectivity index (χ4v) is 1.36. The van der Waals surface area contributed by atoms with Crippen molar-refractivity contribution in [1.29, 1.82) is 0 Å². The summed E-state index contributed by atoms with van der Waals surface area (Å²) in [5, 5.41) is 0. The maximum absolute atomic E-state index is 12.3. The third kappa shape index (κ3) is 3.21. The van der Waals surface area contributed by atoms with E-state index in [4.69, 9.17) is 0 Å². The highest BCUT2D eigenvalue weighted by molar-refractivity contribution is 5.95. The molecular weight excluding hydrogens is 245 g/mol. The Morgan fingerprint density at radius 1 is 1.22 bits per heavy atom. The fourth-order valence-electron chi connectivity index (χ4n) is 1.36. The van der Waals surface area contributed by atoms with Gasteiger partial charge in [-0.3, -0.25) is 9.69 Å². The lowest BCUT2D eigenvalue weighted by molar-refractivity contribution is -0.137. The molecule has 0 saturated carbocycles. The van der Waals surface area contributed by atoms with Gasteiger partial charge in [0.05, 0.1) is 5.56 Å². The predicted molar refractivity (Wildman–Crippen MR) is 62.1 cm³/mol. The van der Waals surface area contributed by atoms with Gasteiger partial charge in [-0.1, -0.05) is 20.8 Å². The van der Waals surface area contributed by atoms with Gasteiger partial charge >= 0.3 is 6.18 Å². The number of alkyl halides is 3. The zero-order valence-corrected chi connectivity index (χ0v) is 10.7. The summed E-state index contributed by atoms with van der Waals surface area (Å²) in [7, 11) is 1.49. The minimum Gasteiger partial charge on any atom is -0.300 e. The van der Waals surface area contributed by atoms with Crippen LogP contribution >= 0.6 is 0 Å². The van der Waals surface area contributed by atoms with Crippen molar-refractivity contribution in [2.45, 2.75) is 26.9 Å². The highest BCUT2D eigenvalue weighted by Gasteiger charge is 2.31. The fraction of sp³-hybridized carbons (Fsp3) is 0.500. The van der Waals surface area contributed by atoms with Gasteiger partial charge in [-0.05, 0) is 12.1 Å². The molecule has 0 saturated heterocycles. The molecule has 100 valence electrons. The van der Waals surface area contributed by atoms with E-state index in [1.807, 2.05) is 0 Å². The van der Waals surface area contributed by atoms with E-state index in [1.165, 1.54) is 18.0 Å². The molecule has 0 aliphatic heterocycles. The van der Waals surface area contributed by atoms with Crippen molar-refractivity contribution in [1.82, 2.24) is 4.98 Å². The molecule has 0 radical (unpaired) electrons. The topological polar surface area (TPSA) is 33.2 Å². The lowest BCUT2D eigenvalue weighted by atomic mass is 9.95. The number of hydrogen-bond acceptors (Lipinski definition) is 2. The zero-order valence-electron chi connectivity index (χ0n) is 10.7. The standard InChI is InChI=1S/C12H15F3N2O/c1-11(2,3)10(18)17(4)9-6-5-8(7-16-9)12(13,14)15/h5-7H,1-4H3. The van der Waals surface area contributed by atoms with Crippen LogP contribution in [0.25, 0.3) is 0 Å². The Morgan fingerprint density at radius 2 is 1.78 bits per heavy atom. The lowest BCUT2D eigenvalue weighted by Crippen LogP contribution is -2.37. The third-order valence-electron chi connectivity index (χ3n) is 2.37. The number of rotatable bonds is 1. The summed E-state index contributed by atoms with van der Waals surface area (Å²) < 4.78 is 37.0. The minimum atomic E-state index is -4.42. The molecule has 0 atom stereocenters. The number of anilines is 1. The molecule has 0 aliphatic rings. The summed E-state index contributed by atoms with van der Waals surface area (Å²) in [6.45, 7) is 5.20. The van der Waals surface area contributed by atoms with Crippen LogP contribution in [0.3, 0.4) is 0 Å². The molecule has 1 aromatic heterocycles. The summed E-state index contributed by atoms with van der Waals surface area (Å²) in [6.07, 6.45) is -3.69. The van der Waals surface area contributed by atoms with E-state index >= 15 is 0 Å². The third-order valence-corrected chi connectivity index (χ3v) is 2.37. The predicted octanol–water partition coefficient (Wildman–Crippen LogP) is 3.11. The monoisotopic (exact) mass is 260 g/mol. The summed E-state index contributed by atoms with van der Waals surface area (Å²) >= 11 is 0. The summed E-state index contributed by atoms with van der Waals surface area (Å²) in [5.74, 6) is -0.0160. The molecule has 0 unspecified atom stereocenters. The van der Waals surface area contributed by atoms with E-state index in [0.29, 0.717) is 0 Å². The number of hydrogen-bond donors (Lipinski definition) is 0. The number of nitrogens with zero attached hydrogens (tertiary/aromatic N) is 2. The molecule has 18 heavy (non-hydrogen) atoms. The number of halogens is 3. The van der Waals surface area contributed by atoms with Gasteiger partial charge in [0.25, 0.3) is 0 Å². The molecule has 1 heterocycles. The van der Waals surface area contributed by atoms with Crippen LogP contribution in [-0.4, -0.2) is 17.9 Å². The number of aromatic nitrogens is 1. The van der Waals surface area contributed by atoms with E-state index in [-0.39, 0.29) is 11.7 Å². The number of pyridine rings is 1. The van der Waals surface area contributed by atoms with Crippen LogP contribution < -0.4 is 4.90 Å². The van der Waals surface area contributed by atoms with E-state index in [9.17, 15) is 18.0 Å². The van der Waals surface area contributed by atoms with Crippen molar-refractivity contribution in [2.24, 2.45) is 5.41 Å².